The van der Waals surface area contributed by atoms with Gasteiger partial charge in [-0.1, -0.05) is 18.2 Å². The minimum Gasteiger partial charge on any atom is -0.497 e. The number of anilines is 2. The largest absolute Gasteiger partial charge is 0.497 e. The van der Waals surface area contributed by atoms with Crippen molar-refractivity contribution in [2.24, 2.45) is 0 Å². The Balaban J connectivity index is 1.71. The predicted molar refractivity (Wildman–Crippen MR) is 111 cm³/mol. The van der Waals surface area contributed by atoms with E-state index in [0.29, 0.717) is 27.9 Å². The number of fused-ring (bicyclic) bond motifs is 3. The summed E-state index contributed by atoms with van der Waals surface area (Å²) in [6, 6.07) is 16.8. The van der Waals surface area contributed by atoms with Crippen LogP contribution in [0.2, 0.25) is 0 Å². The number of benzene rings is 2. The van der Waals surface area contributed by atoms with Crippen molar-refractivity contribution in [3.05, 3.63) is 77.3 Å². The van der Waals surface area contributed by atoms with E-state index in [1.807, 2.05) is 54.6 Å². The van der Waals surface area contributed by atoms with Crippen LogP contribution >= 0.6 is 0 Å². The van der Waals surface area contributed by atoms with Crippen LogP contribution in [-0.2, 0) is 0 Å². The number of methoxy groups -OCH3 is 1. The summed E-state index contributed by atoms with van der Waals surface area (Å²) in [6.45, 7) is 0. The number of H-pyrrole nitrogens is 1. The molecule has 5 rings (SSSR count). The lowest BCUT2D eigenvalue weighted by atomic mass is 10.2. The molecule has 5 aromatic rings. The fourth-order valence-electron chi connectivity index (χ4n) is 3.27. The molecular formula is C21H16N6O2. The molecule has 0 aliphatic carbocycles. The van der Waals surface area contributed by atoms with Crippen LogP contribution in [0.15, 0.2) is 71.8 Å². The average molecular weight is 384 g/mol. The molecule has 0 fully saturated rings. The molecule has 29 heavy (non-hydrogen) atoms. The Labute approximate surface area is 164 Å². The monoisotopic (exact) mass is 384 g/mol. The van der Waals surface area contributed by atoms with Gasteiger partial charge in [0.2, 0.25) is 5.95 Å². The van der Waals surface area contributed by atoms with E-state index in [1.165, 1.54) is 0 Å². The molecule has 0 amide bonds. The highest BCUT2D eigenvalue weighted by molar-refractivity contribution is 6.02. The van der Waals surface area contributed by atoms with Crippen molar-refractivity contribution < 1.29 is 4.74 Å². The second-order valence-corrected chi connectivity index (χ2v) is 6.41. The van der Waals surface area contributed by atoms with Crippen LogP contribution in [0.1, 0.15) is 0 Å². The Bertz CT molecular complexity index is 1370. The van der Waals surface area contributed by atoms with Crippen molar-refractivity contribution in [1.82, 2.24) is 24.7 Å². The summed E-state index contributed by atoms with van der Waals surface area (Å²) in [4.78, 5) is 22.2. The third-order valence-electron chi connectivity index (χ3n) is 4.67. The number of hydrogen-bond acceptors (Lipinski definition) is 6. The molecule has 0 saturated carbocycles. The van der Waals surface area contributed by atoms with E-state index >= 15 is 0 Å². The second-order valence-electron chi connectivity index (χ2n) is 6.41. The first-order valence-corrected chi connectivity index (χ1v) is 8.96. The van der Waals surface area contributed by atoms with Crippen molar-refractivity contribution in [3.8, 4) is 11.4 Å². The molecule has 0 atom stereocenters. The highest BCUT2D eigenvalue weighted by atomic mass is 16.5. The number of rotatable bonds is 4. The van der Waals surface area contributed by atoms with Gasteiger partial charge in [-0.25, -0.2) is 4.98 Å². The zero-order chi connectivity index (χ0) is 19.8. The van der Waals surface area contributed by atoms with Gasteiger partial charge in [0.1, 0.15) is 11.3 Å². The van der Waals surface area contributed by atoms with Gasteiger partial charge in [0.15, 0.2) is 5.65 Å². The number of ether oxygens (including phenoxy) is 1. The zero-order valence-electron chi connectivity index (χ0n) is 15.5. The lowest BCUT2D eigenvalue weighted by Gasteiger charge is -2.12. The van der Waals surface area contributed by atoms with Gasteiger partial charge < -0.3 is 10.1 Å². The summed E-state index contributed by atoms with van der Waals surface area (Å²) in [7, 11) is 1.62. The van der Waals surface area contributed by atoms with Crippen LogP contribution in [0.25, 0.3) is 27.6 Å². The van der Waals surface area contributed by atoms with Crippen molar-refractivity contribution in [2.75, 3.05) is 12.4 Å². The third kappa shape index (κ3) is 2.87. The number of pyridine rings is 1. The number of hydrogen-bond donors (Lipinski definition) is 2. The number of nitrogens with one attached hydrogen (secondary N) is 2. The second kappa shape index (κ2) is 6.75. The molecule has 8 nitrogen and oxygen atoms in total. The Morgan fingerprint density at radius 1 is 1.03 bits per heavy atom. The minimum absolute atomic E-state index is 0.193. The molecular weight excluding hydrogens is 368 g/mol. The molecule has 0 aliphatic rings. The van der Waals surface area contributed by atoms with Crippen molar-refractivity contribution in [1.29, 1.82) is 0 Å². The number of aromatic nitrogens is 5. The maximum atomic E-state index is 13.2. The van der Waals surface area contributed by atoms with Gasteiger partial charge >= 0.3 is 0 Å². The van der Waals surface area contributed by atoms with Crippen LogP contribution in [0.3, 0.4) is 0 Å². The van der Waals surface area contributed by atoms with Crippen LogP contribution in [0.5, 0.6) is 5.75 Å². The van der Waals surface area contributed by atoms with E-state index in [0.717, 1.165) is 17.1 Å². The maximum absolute atomic E-state index is 13.2. The fourth-order valence-corrected chi connectivity index (χ4v) is 3.27. The van der Waals surface area contributed by atoms with Gasteiger partial charge in [-0.3, -0.25) is 14.5 Å². The fraction of sp³-hybridized carbons (Fsp3) is 0.0476. The predicted octanol–water partition coefficient (Wildman–Crippen LogP) is 3.41. The zero-order valence-corrected chi connectivity index (χ0v) is 15.5. The Morgan fingerprint density at radius 3 is 2.59 bits per heavy atom. The van der Waals surface area contributed by atoms with E-state index in [1.54, 1.807) is 24.1 Å². The van der Waals surface area contributed by atoms with E-state index < -0.39 is 0 Å². The van der Waals surface area contributed by atoms with Gasteiger partial charge in [-0.2, -0.15) is 10.1 Å². The van der Waals surface area contributed by atoms with Gasteiger partial charge in [0.05, 0.1) is 23.6 Å². The Morgan fingerprint density at radius 2 is 1.83 bits per heavy atom. The first-order valence-electron chi connectivity index (χ1n) is 8.96. The number of para-hydroxylation sites is 1. The molecule has 2 N–H and O–H groups in total. The number of aromatic amines is 1. The van der Waals surface area contributed by atoms with E-state index in [4.69, 9.17) is 4.74 Å². The molecule has 0 unspecified atom stereocenters. The molecule has 2 aromatic carbocycles. The van der Waals surface area contributed by atoms with Crippen LogP contribution in [0.4, 0.5) is 11.6 Å². The highest BCUT2D eigenvalue weighted by Gasteiger charge is 2.16. The molecule has 8 heteroatoms. The summed E-state index contributed by atoms with van der Waals surface area (Å²) < 4.78 is 6.76. The van der Waals surface area contributed by atoms with Crippen LogP contribution < -0.4 is 15.6 Å². The molecule has 0 aliphatic heterocycles. The summed E-state index contributed by atoms with van der Waals surface area (Å²) in [6.07, 6.45) is 3.27. The van der Waals surface area contributed by atoms with E-state index in [-0.39, 0.29) is 5.56 Å². The quantitative estimate of drug-likeness (QED) is 0.493. The van der Waals surface area contributed by atoms with Gasteiger partial charge in [0.25, 0.3) is 5.56 Å². The van der Waals surface area contributed by atoms with E-state index in [9.17, 15) is 4.79 Å². The number of nitrogens with zero attached hydrogens (tertiary/aromatic N) is 4. The van der Waals surface area contributed by atoms with Crippen LogP contribution in [-0.4, -0.2) is 31.8 Å². The molecule has 3 aromatic heterocycles. The molecule has 142 valence electrons. The van der Waals surface area contributed by atoms with Crippen molar-refractivity contribution in [3.63, 3.8) is 0 Å². The smallest absolute Gasteiger partial charge is 0.267 e. The SMILES string of the molecule is COc1ccc(Nc2ncc3c4n[nH]cc4c(=O)n(-c4ccccc4)c3n2)cc1. The molecule has 0 saturated heterocycles. The molecule has 0 radical (unpaired) electrons. The third-order valence-corrected chi connectivity index (χ3v) is 4.67. The first-order chi connectivity index (χ1) is 14.2. The van der Waals surface area contributed by atoms with Crippen molar-refractivity contribution in [2.45, 2.75) is 0 Å². The van der Waals surface area contributed by atoms with Gasteiger partial charge in [-0.05, 0) is 36.4 Å². The maximum Gasteiger partial charge on any atom is 0.267 e. The lowest BCUT2D eigenvalue weighted by Crippen LogP contribution is -2.20. The average Bonchev–Trinajstić information content (AvgIpc) is 3.26. The summed E-state index contributed by atoms with van der Waals surface area (Å²) >= 11 is 0. The van der Waals surface area contributed by atoms with Gasteiger partial charge in [0, 0.05) is 18.1 Å². The summed E-state index contributed by atoms with van der Waals surface area (Å²) in [5.41, 5.74) is 2.36. The Hall–Kier alpha value is -4.20. The summed E-state index contributed by atoms with van der Waals surface area (Å²) in [5, 5.41) is 11.3. The molecule has 0 bridgehead atoms. The first kappa shape index (κ1) is 16.9. The Kier molecular flexibility index (Phi) is 3.94. The van der Waals surface area contributed by atoms with Crippen molar-refractivity contribution >= 4 is 33.6 Å². The lowest BCUT2D eigenvalue weighted by molar-refractivity contribution is 0.415. The minimum atomic E-state index is -0.193. The van der Waals surface area contributed by atoms with Gasteiger partial charge in [-0.15, -0.1) is 0 Å². The van der Waals surface area contributed by atoms with E-state index in [2.05, 4.69) is 25.5 Å². The normalized spacial score (nSPS) is 11.1. The highest BCUT2D eigenvalue weighted by Crippen LogP contribution is 2.24. The molecule has 0 spiro atoms. The molecule has 3 heterocycles. The summed E-state index contributed by atoms with van der Waals surface area (Å²) in [5.74, 6) is 1.13. The topological polar surface area (TPSA) is 97.7 Å². The van der Waals surface area contributed by atoms with Crippen LogP contribution in [0, 0.1) is 0 Å². The standard InChI is InChI=1S/C21H16N6O2/c1-29-15-9-7-13(8-10-15)24-21-22-11-16-18-17(12-23-26-18)20(28)27(19(16)25-21)14-5-3-2-4-6-14/h2-12H,1H3,(H,23,26)(H,22,24,25).